The quantitative estimate of drug-likeness (QED) is 0.440. The Morgan fingerprint density at radius 3 is 2.74 bits per heavy atom. The van der Waals surface area contributed by atoms with Crippen LogP contribution in [0.2, 0.25) is 0 Å². The molecule has 8 heteroatoms. The maximum Gasteiger partial charge on any atom is 0.277 e. The molecule has 0 heterocycles. The highest BCUT2D eigenvalue weighted by atomic mass is 16.6. The van der Waals surface area contributed by atoms with Crippen LogP contribution in [-0.2, 0) is 4.79 Å². The molecule has 142 valence electrons. The molecule has 0 saturated carbocycles. The predicted octanol–water partition coefficient (Wildman–Crippen LogP) is 3.26. The lowest BCUT2D eigenvalue weighted by atomic mass is 10.0. The molecule has 0 unspecified atom stereocenters. The molecule has 2 N–H and O–H groups in total. The van der Waals surface area contributed by atoms with E-state index in [0.29, 0.717) is 11.7 Å². The minimum Gasteiger partial charge on any atom is -0.507 e. The average molecular weight is 371 g/mol. The van der Waals surface area contributed by atoms with Crippen molar-refractivity contribution in [3.8, 4) is 11.5 Å². The molecular weight excluding hydrogens is 350 g/mol. The summed E-state index contributed by atoms with van der Waals surface area (Å²) in [4.78, 5) is 22.0. The number of benzene rings is 2. The highest BCUT2D eigenvalue weighted by molar-refractivity contribution is 5.86. The lowest BCUT2D eigenvalue weighted by molar-refractivity contribution is -0.384. The van der Waals surface area contributed by atoms with Crippen LogP contribution in [0, 0.1) is 17.0 Å². The Balaban J connectivity index is 1.95. The highest BCUT2D eigenvalue weighted by Crippen LogP contribution is 2.24. The van der Waals surface area contributed by atoms with Crippen LogP contribution in [0.5, 0.6) is 11.5 Å². The smallest absolute Gasteiger partial charge is 0.277 e. The number of carbonyl (C=O) groups is 1. The molecule has 2 aromatic carbocycles. The number of nitro groups is 1. The van der Waals surface area contributed by atoms with Crippen LogP contribution >= 0.6 is 0 Å². The monoisotopic (exact) mass is 371 g/mol. The molecule has 0 aromatic heterocycles. The second-order valence-corrected chi connectivity index (χ2v) is 6.26. The van der Waals surface area contributed by atoms with Gasteiger partial charge in [0.2, 0.25) is 0 Å². The van der Waals surface area contributed by atoms with Gasteiger partial charge in [0.1, 0.15) is 11.5 Å². The number of non-ortho nitro benzene ring substituents is 1. The van der Waals surface area contributed by atoms with E-state index < -0.39 is 10.8 Å². The van der Waals surface area contributed by atoms with Crippen molar-refractivity contribution in [3.05, 3.63) is 63.2 Å². The molecule has 0 saturated heterocycles. The van der Waals surface area contributed by atoms with Gasteiger partial charge in [0.25, 0.3) is 11.6 Å². The van der Waals surface area contributed by atoms with Crippen LogP contribution < -0.4 is 10.2 Å². The van der Waals surface area contributed by atoms with Gasteiger partial charge in [0.15, 0.2) is 6.61 Å². The van der Waals surface area contributed by atoms with Crippen molar-refractivity contribution in [1.82, 2.24) is 5.43 Å². The summed E-state index contributed by atoms with van der Waals surface area (Å²) in [6, 6.07) is 9.37. The number of hydrogen-bond acceptors (Lipinski definition) is 6. The first-order valence-electron chi connectivity index (χ1n) is 8.30. The number of nitro benzene ring substituents is 1. The molecule has 2 aromatic rings. The maximum absolute atomic E-state index is 11.9. The van der Waals surface area contributed by atoms with E-state index in [4.69, 9.17) is 4.74 Å². The third kappa shape index (κ3) is 5.53. The Kier molecular flexibility index (Phi) is 6.48. The minimum absolute atomic E-state index is 0.117. The maximum atomic E-state index is 11.9. The number of nitrogens with one attached hydrogen (secondary N) is 1. The number of aryl methyl sites for hydroxylation is 1. The third-order valence-corrected chi connectivity index (χ3v) is 3.85. The van der Waals surface area contributed by atoms with Crippen molar-refractivity contribution in [3.63, 3.8) is 0 Å². The van der Waals surface area contributed by atoms with Crippen LogP contribution in [0.1, 0.15) is 36.5 Å². The Bertz CT molecular complexity index is 878. The molecule has 0 aliphatic rings. The Hall–Kier alpha value is -3.42. The van der Waals surface area contributed by atoms with Gasteiger partial charge in [-0.15, -0.1) is 0 Å². The zero-order chi connectivity index (χ0) is 20.0. The summed E-state index contributed by atoms with van der Waals surface area (Å²) in [7, 11) is 0. The third-order valence-electron chi connectivity index (χ3n) is 3.85. The number of phenolic OH excluding ortho intramolecular Hbond substituents is 1. The summed E-state index contributed by atoms with van der Waals surface area (Å²) in [5.74, 6) is 0.284. The van der Waals surface area contributed by atoms with Crippen LogP contribution in [0.25, 0.3) is 0 Å². The van der Waals surface area contributed by atoms with Crippen molar-refractivity contribution in [1.29, 1.82) is 0 Å². The molecule has 2 rings (SSSR count). The number of rotatable bonds is 7. The van der Waals surface area contributed by atoms with Gasteiger partial charge >= 0.3 is 0 Å². The fourth-order valence-electron chi connectivity index (χ4n) is 2.24. The van der Waals surface area contributed by atoms with Crippen molar-refractivity contribution in [2.24, 2.45) is 5.10 Å². The number of ether oxygens (including phenoxy) is 1. The van der Waals surface area contributed by atoms with Crippen LogP contribution in [-0.4, -0.2) is 28.8 Å². The number of aromatic hydroxyl groups is 1. The van der Waals surface area contributed by atoms with E-state index in [2.05, 4.69) is 24.4 Å². The molecule has 8 nitrogen and oxygen atoms in total. The number of hydrogen-bond donors (Lipinski definition) is 2. The topological polar surface area (TPSA) is 114 Å². The van der Waals surface area contributed by atoms with Crippen molar-refractivity contribution in [2.75, 3.05) is 6.61 Å². The van der Waals surface area contributed by atoms with Crippen molar-refractivity contribution < 1.29 is 19.6 Å². The largest absolute Gasteiger partial charge is 0.507 e. The number of hydrazone groups is 1. The van der Waals surface area contributed by atoms with Crippen molar-refractivity contribution in [2.45, 2.75) is 26.7 Å². The average Bonchev–Trinajstić information content (AvgIpc) is 2.62. The van der Waals surface area contributed by atoms with Crippen LogP contribution in [0.4, 0.5) is 5.69 Å². The van der Waals surface area contributed by atoms with E-state index >= 15 is 0 Å². The Labute approximate surface area is 156 Å². The second kappa shape index (κ2) is 8.79. The molecule has 0 spiro atoms. The lowest BCUT2D eigenvalue weighted by Crippen LogP contribution is -2.24. The summed E-state index contributed by atoms with van der Waals surface area (Å²) in [6.07, 6.45) is 1.13. The van der Waals surface area contributed by atoms with Gasteiger partial charge in [-0.05, 0) is 36.1 Å². The van der Waals surface area contributed by atoms with E-state index in [-0.39, 0.29) is 23.6 Å². The molecule has 0 atom stereocenters. The number of carbonyl (C=O) groups excluding carboxylic acids is 1. The summed E-state index contributed by atoms with van der Waals surface area (Å²) in [5, 5.41) is 24.1. The number of nitrogens with zero attached hydrogens (tertiary/aromatic N) is 2. The van der Waals surface area contributed by atoms with E-state index in [9.17, 15) is 20.0 Å². The molecule has 27 heavy (non-hydrogen) atoms. The summed E-state index contributed by atoms with van der Waals surface area (Å²) < 4.78 is 5.54. The van der Waals surface area contributed by atoms with Gasteiger partial charge in [-0.2, -0.15) is 5.10 Å². The second-order valence-electron chi connectivity index (χ2n) is 6.26. The van der Waals surface area contributed by atoms with Crippen LogP contribution in [0.15, 0.2) is 41.5 Å². The van der Waals surface area contributed by atoms with Crippen LogP contribution in [0.3, 0.4) is 0 Å². The minimum atomic E-state index is -0.586. The summed E-state index contributed by atoms with van der Waals surface area (Å²) >= 11 is 0. The first-order chi connectivity index (χ1) is 12.8. The zero-order valence-electron chi connectivity index (χ0n) is 15.3. The van der Waals surface area contributed by atoms with Crippen molar-refractivity contribution >= 4 is 17.8 Å². The van der Waals surface area contributed by atoms with E-state index in [0.717, 1.165) is 23.4 Å². The molecular formula is C19H21N3O5. The predicted molar refractivity (Wildman–Crippen MR) is 101 cm³/mol. The first kappa shape index (κ1) is 19.9. The first-order valence-corrected chi connectivity index (χ1v) is 8.30. The number of phenols is 1. The molecule has 0 radical (unpaired) electrons. The van der Waals surface area contributed by atoms with E-state index in [1.54, 1.807) is 0 Å². The van der Waals surface area contributed by atoms with Gasteiger partial charge in [-0.25, -0.2) is 5.43 Å². The molecule has 0 aliphatic carbocycles. The molecule has 0 bridgehead atoms. The summed E-state index contributed by atoms with van der Waals surface area (Å²) in [6.45, 7) is 5.79. The number of amides is 1. The van der Waals surface area contributed by atoms with Gasteiger partial charge < -0.3 is 9.84 Å². The van der Waals surface area contributed by atoms with E-state index in [1.165, 1.54) is 12.1 Å². The summed E-state index contributed by atoms with van der Waals surface area (Å²) in [5.41, 5.74) is 4.21. The molecule has 0 fully saturated rings. The zero-order valence-corrected chi connectivity index (χ0v) is 15.3. The Morgan fingerprint density at radius 2 is 2.07 bits per heavy atom. The normalized spacial score (nSPS) is 11.0. The van der Waals surface area contributed by atoms with Gasteiger partial charge in [0.05, 0.1) is 11.1 Å². The Morgan fingerprint density at radius 1 is 1.33 bits per heavy atom. The standard InChI is InChI=1S/C19H21N3O5/c1-12(2)14-5-4-13(3)18(9-14)27-11-19(24)21-20-10-15-8-16(22(25)26)6-7-17(15)23/h4-10,12,23H,11H2,1-3H3,(H,21,24)/b20-10-. The highest BCUT2D eigenvalue weighted by Gasteiger charge is 2.10. The molecule has 0 aliphatic heterocycles. The SMILES string of the molecule is Cc1ccc(C(C)C)cc1OCC(=O)N/N=C\c1cc([N+](=O)[O-])ccc1O. The fraction of sp³-hybridized carbons (Fsp3) is 0.263. The van der Waals surface area contributed by atoms with Gasteiger partial charge in [-0.1, -0.05) is 26.0 Å². The molecule has 1 amide bonds. The lowest BCUT2D eigenvalue weighted by Gasteiger charge is -2.12. The van der Waals surface area contributed by atoms with Gasteiger partial charge in [0, 0.05) is 17.7 Å². The fourth-order valence-corrected chi connectivity index (χ4v) is 2.24. The van der Waals surface area contributed by atoms with Gasteiger partial charge in [-0.3, -0.25) is 14.9 Å². The van der Waals surface area contributed by atoms with E-state index in [1.807, 2.05) is 25.1 Å².